The van der Waals surface area contributed by atoms with E-state index in [1.54, 1.807) is 5.51 Å². The van der Waals surface area contributed by atoms with Crippen LogP contribution in [0.5, 0.6) is 5.75 Å². The van der Waals surface area contributed by atoms with Crippen LogP contribution in [0, 0.1) is 6.92 Å². The lowest BCUT2D eigenvalue weighted by molar-refractivity contribution is 0.338. The summed E-state index contributed by atoms with van der Waals surface area (Å²) >= 11 is 1.45. The Morgan fingerprint density at radius 1 is 1.44 bits per heavy atom. The molecule has 0 spiro atoms. The Morgan fingerprint density at radius 3 is 2.81 bits per heavy atom. The molecule has 1 aromatic heterocycles. The minimum atomic E-state index is 0.680. The zero-order valence-electron chi connectivity index (χ0n) is 9.36. The predicted molar refractivity (Wildman–Crippen MR) is 67.9 cm³/mol. The van der Waals surface area contributed by atoms with E-state index in [0.717, 1.165) is 27.6 Å². The molecular formula is C12H14N2OS. The maximum atomic E-state index is 5.84. The highest BCUT2D eigenvalue weighted by atomic mass is 32.1. The third kappa shape index (κ3) is 2.02. The summed E-state index contributed by atoms with van der Waals surface area (Å²) in [5, 5.41) is 0.753. The van der Waals surface area contributed by atoms with Crippen molar-refractivity contribution in [2.45, 2.75) is 13.8 Å². The molecule has 0 amide bonds. The number of anilines is 1. The number of benzene rings is 1. The van der Waals surface area contributed by atoms with Crippen molar-refractivity contribution in [1.82, 2.24) is 4.98 Å². The lowest BCUT2D eigenvalue weighted by atomic mass is 10.1. The standard InChI is InChI=1S/C12H14N2OS/c1-3-15-10-5-4-9(6-8(10)2)11-12(13)16-7-14-11/h4-7H,3,13H2,1-2H3. The van der Waals surface area contributed by atoms with Crippen molar-refractivity contribution in [3.8, 4) is 17.0 Å². The van der Waals surface area contributed by atoms with Crippen molar-refractivity contribution in [1.29, 1.82) is 0 Å². The average molecular weight is 234 g/mol. The van der Waals surface area contributed by atoms with Gasteiger partial charge in [0.2, 0.25) is 0 Å². The summed E-state index contributed by atoms with van der Waals surface area (Å²) in [5.74, 6) is 0.917. The van der Waals surface area contributed by atoms with Crippen LogP contribution in [0.25, 0.3) is 11.3 Å². The van der Waals surface area contributed by atoms with Crippen LogP contribution in [-0.4, -0.2) is 11.6 Å². The summed E-state index contributed by atoms with van der Waals surface area (Å²) in [4.78, 5) is 4.26. The van der Waals surface area contributed by atoms with Crippen molar-refractivity contribution in [2.75, 3.05) is 12.3 Å². The molecule has 2 rings (SSSR count). The Bertz CT molecular complexity index is 494. The third-order valence-electron chi connectivity index (χ3n) is 2.34. The van der Waals surface area contributed by atoms with Gasteiger partial charge in [0.1, 0.15) is 16.4 Å². The number of aryl methyl sites for hydroxylation is 1. The van der Waals surface area contributed by atoms with Crippen LogP contribution in [0.3, 0.4) is 0 Å². The summed E-state index contributed by atoms with van der Waals surface area (Å²) in [6.07, 6.45) is 0. The lowest BCUT2D eigenvalue weighted by Crippen LogP contribution is -1.94. The summed E-state index contributed by atoms with van der Waals surface area (Å²) in [6, 6.07) is 6.01. The van der Waals surface area contributed by atoms with Crippen LogP contribution in [0.1, 0.15) is 12.5 Å². The number of ether oxygens (including phenoxy) is 1. The number of rotatable bonds is 3. The van der Waals surface area contributed by atoms with Gasteiger partial charge in [-0.05, 0) is 37.6 Å². The largest absolute Gasteiger partial charge is 0.494 e. The van der Waals surface area contributed by atoms with Crippen LogP contribution in [0.2, 0.25) is 0 Å². The molecule has 2 N–H and O–H groups in total. The molecule has 3 nitrogen and oxygen atoms in total. The highest BCUT2D eigenvalue weighted by molar-refractivity contribution is 7.14. The van der Waals surface area contributed by atoms with Gasteiger partial charge in [0.25, 0.3) is 0 Å². The highest BCUT2D eigenvalue weighted by Gasteiger charge is 2.07. The van der Waals surface area contributed by atoms with Gasteiger partial charge in [0, 0.05) is 5.56 Å². The second-order valence-electron chi connectivity index (χ2n) is 3.48. The molecule has 1 aromatic carbocycles. The smallest absolute Gasteiger partial charge is 0.122 e. The predicted octanol–water partition coefficient (Wildman–Crippen LogP) is 3.10. The molecule has 1 heterocycles. The number of hydrogen-bond acceptors (Lipinski definition) is 4. The monoisotopic (exact) mass is 234 g/mol. The van der Waals surface area contributed by atoms with E-state index in [9.17, 15) is 0 Å². The first-order chi connectivity index (χ1) is 7.72. The van der Waals surface area contributed by atoms with E-state index in [2.05, 4.69) is 11.1 Å². The second kappa shape index (κ2) is 4.53. The molecule has 4 heteroatoms. The number of nitrogens with two attached hydrogens (primary N) is 1. The van der Waals surface area contributed by atoms with E-state index in [1.807, 2.05) is 26.0 Å². The first kappa shape index (κ1) is 11.0. The van der Waals surface area contributed by atoms with E-state index in [-0.39, 0.29) is 0 Å². The molecular weight excluding hydrogens is 220 g/mol. The molecule has 0 bridgehead atoms. The van der Waals surface area contributed by atoms with E-state index in [4.69, 9.17) is 10.5 Å². The van der Waals surface area contributed by atoms with Crippen LogP contribution < -0.4 is 10.5 Å². The fourth-order valence-corrected chi connectivity index (χ4v) is 2.14. The number of nitrogen functional groups attached to an aromatic ring is 1. The molecule has 0 aliphatic rings. The normalized spacial score (nSPS) is 10.4. The summed E-state index contributed by atoms with van der Waals surface area (Å²) in [5.41, 5.74) is 10.6. The first-order valence-electron chi connectivity index (χ1n) is 5.15. The molecule has 0 radical (unpaired) electrons. The molecule has 84 valence electrons. The maximum absolute atomic E-state index is 5.84. The van der Waals surface area contributed by atoms with Gasteiger partial charge in [-0.2, -0.15) is 0 Å². The molecule has 0 aliphatic heterocycles. The molecule has 0 saturated heterocycles. The Labute approximate surface area is 98.9 Å². The Kier molecular flexibility index (Phi) is 3.10. The number of thiazole rings is 1. The number of nitrogens with zero attached hydrogens (tertiary/aromatic N) is 1. The van der Waals surface area contributed by atoms with Crippen molar-refractivity contribution in [3.05, 3.63) is 29.3 Å². The molecule has 0 atom stereocenters. The van der Waals surface area contributed by atoms with Gasteiger partial charge < -0.3 is 10.5 Å². The maximum Gasteiger partial charge on any atom is 0.122 e. The Balaban J connectivity index is 2.38. The van der Waals surface area contributed by atoms with Gasteiger partial charge in [0.05, 0.1) is 12.1 Å². The van der Waals surface area contributed by atoms with E-state index < -0.39 is 0 Å². The van der Waals surface area contributed by atoms with Gasteiger partial charge in [0.15, 0.2) is 0 Å². The fourth-order valence-electron chi connectivity index (χ4n) is 1.59. The first-order valence-corrected chi connectivity index (χ1v) is 6.03. The second-order valence-corrected chi connectivity index (χ2v) is 4.36. The molecule has 0 aliphatic carbocycles. The van der Waals surface area contributed by atoms with Crippen LogP contribution in [0.15, 0.2) is 23.7 Å². The molecule has 0 fully saturated rings. The lowest BCUT2D eigenvalue weighted by Gasteiger charge is -2.08. The Morgan fingerprint density at radius 2 is 2.25 bits per heavy atom. The van der Waals surface area contributed by atoms with Crippen LogP contribution in [-0.2, 0) is 0 Å². The number of aromatic nitrogens is 1. The zero-order valence-corrected chi connectivity index (χ0v) is 10.2. The van der Waals surface area contributed by atoms with Gasteiger partial charge in [-0.1, -0.05) is 0 Å². The van der Waals surface area contributed by atoms with E-state index >= 15 is 0 Å². The van der Waals surface area contributed by atoms with Gasteiger partial charge in [-0.15, -0.1) is 11.3 Å². The van der Waals surface area contributed by atoms with Gasteiger partial charge in [-0.3, -0.25) is 0 Å². The van der Waals surface area contributed by atoms with E-state index in [0.29, 0.717) is 6.61 Å². The van der Waals surface area contributed by atoms with Gasteiger partial charge >= 0.3 is 0 Å². The van der Waals surface area contributed by atoms with Crippen LogP contribution >= 0.6 is 11.3 Å². The van der Waals surface area contributed by atoms with Crippen molar-refractivity contribution < 1.29 is 4.74 Å². The summed E-state index contributed by atoms with van der Waals surface area (Å²) in [6.45, 7) is 4.68. The van der Waals surface area contributed by atoms with Gasteiger partial charge in [-0.25, -0.2) is 4.98 Å². The average Bonchev–Trinajstić information content (AvgIpc) is 2.68. The Hall–Kier alpha value is -1.55. The summed E-state index contributed by atoms with van der Waals surface area (Å²) in [7, 11) is 0. The molecule has 16 heavy (non-hydrogen) atoms. The topological polar surface area (TPSA) is 48.1 Å². The minimum absolute atomic E-state index is 0.680. The third-order valence-corrected chi connectivity index (χ3v) is 3.00. The minimum Gasteiger partial charge on any atom is -0.494 e. The van der Waals surface area contributed by atoms with Crippen molar-refractivity contribution >= 4 is 16.3 Å². The molecule has 2 aromatic rings. The SMILES string of the molecule is CCOc1ccc(-c2ncsc2N)cc1C. The zero-order chi connectivity index (χ0) is 11.5. The van der Waals surface area contributed by atoms with E-state index in [1.165, 1.54) is 11.3 Å². The number of hydrogen-bond donors (Lipinski definition) is 1. The fraction of sp³-hybridized carbons (Fsp3) is 0.250. The van der Waals surface area contributed by atoms with Crippen molar-refractivity contribution in [3.63, 3.8) is 0 Å². The van der Waals surface area contributed by atoms with Crippen molar-refractivity contribution in [2.24, 2.45) is 0 Å². The highest BCUT2D eigenvalue weighted by Crippen LogP contribution is 2.30. The quantitative estimate of drug-likeness (QED) is 0.887. The molecule has 0 unspecified atom stereocenters. The molecule has 0 saturated carbocycles. The summed E-state index contributed by atoms with van der Waals surface area (Å²) < 4.78 is 5.49. The van der Waals surface area contributed by atoms with Crippen LogP contribution in [0.4, 0.5) is 5.00 Å².